The van der Waals surface area contributed by atoms with Crippen molar-refractivity contribution in [2.24, 2.45) is 10.2 Å². The molecule has 0 saturated carbocycles. The molecule has 1 aromatic rings. The number of fused-ring (bicyclic) bond motifs is 3. The van der Waals surface area contributed by atoms with E-state index in [1.54, 1.807) is 18.2 Å². The Morgan fingerprint density at radius 2 is 1.87 bits per heavy atom. The van der Waals surface area contributed by atoms with E-state index in [-0.39, 0.29) is 11.9 Å². The van der Waals surface area contributed by atoms with Gasteiger partial charge in [0.1, 0.15) is 0 Å². The van der Waals surface area contributed by atoms with Crippen LogP contribution in [0.2, 0.25) is 0 Å². The summed E-state index contributed by atoms with van der Waals surface area (Å²) >= 11 is 0. The lowest BCUT2D eigenvalue weighted by atomic mass is 9.89. The van der Waals surface area contributed by atoms with Crippen molar-refractivity contribution in [1.82, 2.24) is 10.2 Å². The smallest absolute Gasteiger partial charge is 0.348 e. The van der Waals surface area contributed by atoms with Crippen molar-refractivity contribution in [3.05, 3.63) is 53.1 Å². The molecule has 1 aromatic carbocycles. The van der Waals surface area contributed by atoms with E-state index in [1.165, 1.54) is 18.9 Å². The number of hydrogen-bond acceptors (Lipinski definition) is 4. The van der Waals surface area contributed by atoms with Crippen LogP contribution < -0.4 is 5.32 Å². The number of benzene rings is 1. The van der Waals surface area contributed by atoms with Gasteiger partial charge >= 0.3 is 6.18 Å². The first kappa shape index (κ1) is 20.2. The Morgan fingerprint density at radius 3 is 2.58 bits per heavy atom. The first-order chi connectivity index (χ1) is 14.8. The second-order valence-corrected chi connectivity index (χ2v) is 8.72. The zero-order valence-corrected chi connectivity index (χ0v) is 17.1. The molecule has 5 nitrogen and oxygen atoms in total. The second-order valence-electron chi connectivity index (χ2n) is 8.72. The van der Waals surface area contributed by atoms with E-state index in [2.05, 4.69) is 27.5 Å². The summed E-state index contributed by atoms with van der Waals surface area (Å²) in [6.45, 7) is 0. The third-order valence-corrected chi connectivity index (χ3v) is 6.86. The van der Waals surface area contributed by atoms with Crippen LogP contribution in [0.15, 0.2) is 52.2 Å². The van der Waals surface area contributed by atoms with E-state index in [0.29, 0.717) is 41.1 Å². The van der Waals surface area contributed by atoms with Gasteiger partial charge in [-0.25, -0.2) is 0 Å². The lowest BCUT2D eigenvalue weighted by Gasteiger charge is -2.36. The van der Waals surface area contributed by atoms with Crippen LogP contribution >= 0.6 is 0 Å². The number of carbonyl (C=O) groups excluding carboxylic acids is 1. The highest BCUT2D eigenvalue weighted by Crippen LogP contribution is 2.35. The predicted octanol–water partition coefficient (Wildman–Crippen LogP) is 3.97. The molecule has 162 valence electrons. The van der Waals surface area contributed by atoms with Crippen LogP contribution in [-0.4, -0.2) is 47.4 Å². The first-order valence-corrected chi connectivity index (χ1v) is 10.6. The zero-order chi connectivity index (χ0) is 21.8. The average Bonchev–Trinajstić information content (AvgIpc) is 3.24. The Labute approximate surface area is 178 Å². The minimum Gasteiger partial charge on any atom is -0.348 e. The van der Waals surface area contributed by atoms with Gasteiger partial charge in [-0.2, -0.15) is 18.3 Å². The summed E-state index contributed by atoms with van der Waals surface area (Å²) < 4.78 is 39.1. The normalized spacial score (nSPS) is 27.8. The van der Waals surface area contributed by atoms with Crippen LogP contribution in [0.25, 0.3) is 5.57 Å². The van der Waals surface area contributed by atoms with Gasteiger partial charge in [0.2, 0.25) is 0 Å². The van der Waals surface area contributed by atoms with Crippen LogP contribution in [-0.2, 0) is 11.0 Å². The molecule has 3 heterocycles. The quantitative estimate of drug-likeness (QED) is 0.792. The van der Waals surface area contributed by atoms with Gasteiger partial charge in [-0.05, 0) is 56.0 Å². The minimum atomic E-state index is -4.39. The van der Waals surface area contributed by atoms with Gasteiger partial charge in [-0.15, -0.1) is 5.10 Å². The number of piperidine rings is 1. The average molecular weight is 428 g/mol. The summed E-state index contributed by atoms with van der Waals surface area (Å²) in [6, 6.07) is 6.43. The molecular weight excluding hydrogens is 405 g/mol. The molecule has 2 atom stereocenters. The third kappa shape index (κ3) is 3.73. The molecule has 5 rings (SSSR count). The number of rotatable bonds is 3. The summed E-state index contributed by atoms with van der Waals surface area (Å²) in [4.78, 5) is 15.3. The summed E-state index contributed by atoms with van der Waals surface area (Å²) in [5.74, 6) is -0.227. The lowest BCUT2D eigenvalue weighted by Crippen LogP contribution is -2.50. The predicted molar refractivity (Wildman–Crippen MR) is 113 cm³/mol. The van der Waals surface area contributed by atoms with Crippen molar-refractivity contribution in [1.29, 1.82) is 0 Å². The molecular formula is C23H23F3N4O. The van der Waals surface area contributed by atoms with Crippen LogP contribution in [0, 0.1) is 0 Å². The van der Waals surface area contributed by atoms with Gasteiger partial charge in [0, 0.05) is 30.1 Å². The van der Waals surface area contributed by atoms with Gasteiger partial charge in [0.25, 0.3) is 5.91 Å². The zero-order valence-electron chi connectivity index (χ0n) is 17.1. The van der Waals surface area contributed by atoms with E-state index in [4.69, 9.17) is 0 Å². The van der Waals surface area contributed by atoms with Crippen molar-refractivity contribution >= 4 is 22.9 Å². The molecule has 0 aromatic heterocycles. The highest BCUT2D eigenvalue weighted by atomic mass is 19.4. The van der Waals surface area contributed by atoms with Crippen LogP contribution in [0.5, 0.6) is 0 Å². The Kier molecular flexibility index (Phi) is 4.84. The summed E-state index contributed by atoms with van der Waals surface area (Å²) in [7, 11) is 2.16. The summed E-state index contributed by atoms with van der Waals surface area (Å²) in [5, 5.41) is 11.4. The van der Waals surface area contributed by atoms with Crippen molar-refractivity contribution in [3.63, 3.8) is 0 Å². The van der Waals surface area contributed by atoms with Crippen LogP contribution in [0.3, 0.4) is 0 Å². The minimum absolute atomic E-state index is 0.133. The Balaban J connectivity index is 1.30. The topological polar surface area (TPSA) is 57.1 Å². The number of nitrogens with one attached hydrogen (secondary N) is 1. The molecule has 0 radical (unpaired) electrons. The Bertz CT molecular complexity index is 1040. The van der Waals surface area contributed by atoms with Crippen molar-refractivity contribution in [2.75, 3.05) is 7.05 Å². The number of carbonyl (C=O) groups is 1. The SMILES string of the molecule is CN1C2CCC1CC(NC(=O)C1=NN=C3CC(c4cccc(C(F)(F)F)c4)=CC=C31)C2. The molecule has 1 aliphatic carbocycles. The van der Waals surface area contributed by atoms with Crippen molar-refractivity contribution < 1.29 is 18.0 Å². The molecule has 0 spiro atoms. The number of hydrogen-bond donors (Lipinski definition) is 1. The van der Waals surface area contributed by atoms with Gasteiger partial charge < -0.3 is 10.2 Å². The molecule has 1 N–H and O–H groups in total. The summed E-state index contributed by atoms with van der Waals surface area (Å²) in [6.07, 6.45) is 3.68. The van der Waals surface area contributed by atoms with Crippen LogP contribution in [0.4, 0.5) is 13.2 Å². The van der Waals surface area contributed by atoms with Crippen LogP contribution in [0.1, 0.15) is 43.2 Å². The first-order valence-electron chi connectivity index (χ1n) is 10.6. The monoisotopic (exact) mass is 428 g/mol. The summed E-state index contributed by atoms with van der Waals surface area (Å²) in [5.41, 5.74) is 2.09. The molecule has 2 unspecified atom stereocenters. The molecule has 1 amide bonds. The fourth-order valence-electron chi connectivity index (χ4n) is 5.13. The fraction of sp³-hybridized carbons (Fsp3) is 0.435. The maximum Gasteiger partial charge on any atom is 0.416 e. The molecule has 8 heteroatoms. The third-order valence-electron chi connectivity index (χ3n) is 6.86. The number of halogens is 3. The van der Waals surface area contributed by atoms with Crippen molar-refractivity contribution in [2.45, 2.75) is 56.4 Å². The number of allylic oxidation sites excluding steroid dienone is 3. The number of amides is 1. The Hall–Kier alpha value is -2.74. The molecule has 31 heavy (non-hydrogen) atoms. The maximum atomic E-state index is 13.0. The highest BCUT2D eigenvalue weighted by Gasteiger charge is 2.40. The van der Waals surface area contributed by atoms with E-state index < -0.39 is 11.7 Å². The molecule has 3 aliphatic heterocycles. The maximum absolute atomic E-state index is 13.0. The van der Waals surface area contributed by atoms with Gasteiger partial charge in [0.15, 0.2) is 5.71 Å². The lowest BCUT2D eigenvalue weighted by molar-refractivity contribution is -0.137. The van der Waals surface area contributed by atoms with E-state index >= 15 is 0 Å². The molecule has 2 bridgehead atoms. The van der Waals surface area contributed by atoms with E-state index in [0.717, 1.165) is 30.5 Å². The molecule has 2 saturated heterocycles. The fourth-order valence-corrected chi connectivity index (χ4v) is 5.13. The Morgan fingerprint density at radius 1 is 1.13 bits per heavy atom. The van der Waals surface area contributed by atoms with Gasteiger partial charge in [0.05, 0.1) is 11.3 Å². The largest absolute Gasteiger partial charge is 0.416 e. The second kappa shape index (κ2) is 7.44. The van der Waals surface area contributed by atoms with Crippen molar-refractivity contribution in [3.8, 4) is 0 Å². The molecule has 2 fully saturated rings. The van der Waals surface area contributed by atoms with Gasteiger partial charge in [-0.1, -0.05) is 24.3 Å². The van der Waals surface area contributed by atoms with E-state index in [1.807, 2.05) is 0 Å². The highest BCUT2D eigenvalue weighted by molar-refractivity contribution is 6.53. The standard InChI is InChI=1S/C23H23F3N4O/c1-30-17-6-7-18(30)12-16(11-17)27-22(31)21-19-8-5-14(10-20(19)28-29-21)13-3-2-4-15(9-13)23(24,25)26/h2-5,8-9,16-18H,6-7,10-12H2,1H3,(H,27,31). The molecule has 4 aliphatic rings. The van der Waals surface area contributed by atoms with Gasteiger partial charge in [-0.3, -0.25) is 4.79 Å². The number of alkyl halides is 3. The van der Waals surface area contributed by atoms with E-state index in [9.17, 15) is 18.0 Å². The number of nitrogens with zero attached hydrogens (tertiary/aromatic N) is 3.